The van der Waals surface area contributed by atoms with E-state index in [0.29, 0.717) is 5.92 Å². The minimum absolute atomic E-state index is 0.155. The molecule has 22 heavy (non-hydrogen) atoms. The van der Waals surface area contributed by atoms with Gasteiger partial charge in [-0.15, -0.1) is 0 Å². The standard InChI is InChI=1S/C20H24FN/c1-2-16-3-7-18(8-4-16)19-11-13-22(14-12-19)15-17-5-9-20(21)10-6-17/h3-10,19H,2,11-15H2,1H3. The van der Waals surface area contributed by atoms with E-state index in [4.69, 9.17) is 0 Å². The molecule has 0 bridgehead atoms. The first kappa shape index (κ1) is 15.2. The molecule has 2 heteroatoms. The fraction of sp³-hybridized carbons (Fsp3) is 0.400. The summed E-state index contributed by atoms with van der Waals surface area (Å²) in [7, 11) is 0. The van der Waals surface area contributed by atoms with Crippen LogP contribution in [0.2, 0.25) is 0 Å². The van der Waals surface area contributed by atoms with E-state index >= 15 is 0 Å². The Balaban J connectivity index is 1.54. The van der Waals surface area contributed by atoms with Gasteiger partial charge in [-0.25, -0.2) is 4.39 Å². The third-order valence-electron chi connectivity index (χ3n) is 4.77. The monoisotopic (exact) mass is 297 g/mol. The Bertz CT molecular complexity index is 580. The van der Waals surface area contributed by atoms with Crippen LogP contribution in [-0.2, 0) is 13.0 Å². The second-order valence-corrected chi connectivity index (χ2v) is 6.27. The second-order valence-electron chi connectivity index (χ2n) is 6.27. The predicted octanol–water partition coefficient (Wildman–Crippen LogP) is 4.77. The summed E-state index contributed by atoms with van der Waals surface area (Å²) in [5.74, 6) is 0.536. The molecule has 0 amide bonds. The first-order chi connectivity index (χ1) is 10.7. The minimum Gasteiger partial charge on any atom is -0.299 e. The van der Waals surface area contributed by atoms with Crippen molar-refractivity contribution in [3.8, 4) is 0 Å². The lowest BCUT2D eigenvalue weighted by atomic mass is 9.88. The number of hydrogen-bond donors (Lipinski definition) is 0. The van der Waals surface area contributed by atoms with Gasteiger partial charge in [-0.3, -0.25) is 4.90 Å². The predicted molar refractivity (Wildman–Crippen MR) is 89.5 cm³/mol. The van der Waals surface area contributed by atoms with Gasteiger partial charge in [0.25, 0.3) is 0 Å². The molecule has 0 N–H and O–H groups in total. The number of halogens is 1. The molecular formula is C20H24FN. The van der Waals surface area contributed by atoms with Gasteiger partial charge in [-0.1, -0.05) is 43.3 Å². The molecule has 0 unspecified atom stereocenters. The third kappa shape index (κ3) is 3.75. The van der Waals surface area contributed by atoms with E-state index in [9.17, 15) is 4.39 Å². The minimum atomic E-state index is -0.155. The Morgan fingerprint density at radius 3 is 2.09 bits per heavy atom. The zero-order valence-corrected chi connectivity index (χ0v) is 13.3. The molecule has 0 aliphatic carbocycles. The quantitative estimate of drug-likeness (QED) is 0.786. The van der Waals surface area contributed by atoms with E-state index in [1.165, 1.54) is 29.5 Å². The van der Waals surface area contributed by atoms with Crippen molar-refractivity contribution in [2.24, 2.45) is 0 Å². The van der Waals surface area contributed by atoms with Gasteiger partial charge in [0.05, 0.1) is 0 Å². The first-order valence-corrected chi connectivity index (χ1v) is 8.30. The molecule has 1 nitrogen and oxygen atoms in total. The van der Waals surface area contributed by atoms with Crippen molar-refractivity contribution in [3.63, 3.8) is 0 Å². The number of aryl methyl sites for hydroxylation is 1. The number of likely N-dealkylation sites (tertiary alicyclic amines) is 1. The summed E-state index contributed by atoms with van der Waals surface area (Å²) >= 11 is 0. The molecule has 2 aromatic rings. The molecule has 3 rings (SSSR count). The average molecular weight is 297 g/mol. The molecule has 1 saturated heterocycles. The van der Waals surface area contributed by atoms with Crippen molar-refractivity contribution in [1.82, 2.24) is 4.90 Å². The molecule has 116 valence electrons. The van der Waals surface area contributed by atoms with Gasteiger partial charge in [-0.2, -0.15) is 0 Å². The Morgan fingerprint density at radius 2 is 1.50 bits per heavy atom. The van der Waals surface area contributed by atoms with Crippen LogP contribution >= 0.6 is 0 Å². The third-order valence-corrected chi connectivity index (χ3v) is 4.77. The van der Waals surface area contributed by atoms with E-state index in [1.54, 1.807) is 12.1 Å². The first-order valence-electron chi connectivity index (χ1n) is 8.30. The van der Waals surface area contributed by atoms with Crippen LogP contribution in [-0.4, -0.2) is 18.0 Å². The van der Waals surface area contributed by atoms with Crippen LogP contribution in [0.1, 0.15) is 42.4 Å². The summed E-state index contributed by atoms with van der Waals surface area (Å²) in [4.78, 5) is 2.48. The topological polar surface area (TPSA) is 3.24 Å². The summed E-state index contributed by atoms with van der Waals surface area (Å²) in [6, 6.07) is 16.0. The maximum absolute atomic E-state index is 12.9. The van der Waals surface area contributed by atoms with Crippen LogP contribution < -0.4 is 0 Å². The van der Waals surface area contributed by atoms with Crippen molar-refractivity contribution in [1.29, 1.82) is 0 Å². The maximum atomic E-state index is 12.9. The van der Waals surface area contributed by atoms with Gasteiger partial charge >= 0.3 is 0 Å². The molecule has 1 aliphatic rings. The lowest BCUT2D eigenvalue weighted by Gasteiger charge is -2.32. The van der Waals surface area contributed by atoms with Gasteiger partial charge in [0, 0.05) is 6.54 Å². The smallest absolute Gasteiger partial charge is 0.123 e. The van der Waals surface area contributed by atoms with Gasteiger partial charge in [-0.05, 0) is 67.1 Å². The van der Waals surface area contributed by atoms with Gasteiger partial charge in [0.2, 0.25) is 0 Å². The summed E-state index contributed by atoms with van der Waals surface area (Å²) < 4.78 is 12.9. The Kier molecular flexibility index (Phi) is 4.89. The molecule has 0 atom stereocenters. The van der Waals surface area contributed by atoms with Gasteiger partial charge < -0.3 is 0 Å². The molecule has 0 radical (unpaired) electrons. The van der Waals surface area contributed by atoms with Crippen LogP contribution in [0.4, 0.5) is 4.39 Å². The van der Waals surface area contributed by atoms with Crippen LogP contribution in [0, 0.1) is 5.82 Å². The van der Waals surface area contributed by atoms with E-state index in [2.05, 4.69) is 36.1 Å². The molecule has 1 fully saturated rings. The number of hydrogen-bond acceptors (Lipinski definition) is 1. The zero-order chi connectivity index (χ0) is 15.4. The van der Waals surface area contributed by atoms with E-state index < -0.39 is 0 Å². The van der Waals surface area contributed by atoms with Crippen LogP contribution in [0.3, 0.4) is 0 Å². The van der Waals surface area contributed by atoms with Crippen molar-refractivity contribution < 1.29 is 4.39 Å². The Morgan fingerprint density at radius 1 is 0.909 bits per heavy atom. The van der Waals surface area contributed by atoms with Gasteiger partial charge in [0.1, 0.15) is 5.82 Å². The highest BCUT2D eigenvalue weighted by Gasteiger charge is 2.20. The average Bonchev–Trinajstić information content (AvgIpc) is 2.58. The molecule has 0 saturated carbocycles. The number of rotatable bonds is 4. The van der Waals surface area contributed by atoms with Crippen molar-refractivity contribution >= 4 is 0 Å². The van der Waals surface area contributed by atoms with Crippen molar-refractivity contribution in [3.05, 3.63) is 71.0 Å². The SMILES string of the molecule is CCc1ccc(C2CCN(Cc3ccc(F)cc3)CC2)cc1. The largest absolute Gasteiger partial charge is 0.299 e. The Labute approximate surface area is 132 Å². The fourth-order valence-electron chi connectivity index (χ4n) is 3.30. The lowest BCUT2D eigenvalue weighted by Crippen LogP contribution is -2.32. The molecule has 0 aromatic heterocycles. The molecular weight excluding hydrogens is 273 g/mol. The van der Waals surface area contributed by atoms with E-state index in [-0.39, 0.29) is 5.82 Å². The van der Waals surface area contributed by atoms with E-state index in [1.807, 2.05) is 12.1 Å². The second kappa shape index (κ2) is 7.06. The normalized spacial score (nSPS) is 16.8. The summed E-state index contributed by atoms with van der Waals surface area (Å²) in [6.45, 7) is 5.37. The van der Waals surface area contributed by atoms with Crippen LogP contribution in [0.15, 0.2) is 48.5 Å². The lowest BCUT2D eigenvalue weighted by molar-refractivity contribution is 0.204. The summed E-state index contributed by atoms with van der Waals surface area (Å²) in [5, 5.41) is 0. The highest BCUT2D eigenvalue weighted by atomic mass is 19.1. The van der Waals surface area contributed by atoms with Crippen LogP contribution in [0.5, 0.6) is 0 Å². The maximum Gasteiger partial charge on any atom is 0.123 e. The number of benzene rings is 2. The summed E-state index contributed by atoms with van der Waals surface area (Å²) in [5.41, 5.74) is 4.10. The van der Waals surface area contributed by atoms with Crippen molar-refractivity contribution in [2.45, 2.75) is 38.6 Å². The molecule has 1 heterocycles. The fourth-order valence-corrected chi connectivity index (χ4v) is 3.30. The van der Waals surface area contributed by atoms with Gasteiger partial charge in [0.15, 0.2) is 0 Å². The van der Waals surface area contributed by atoms with Crippen molar-refractivity contribution in [2.75, 3.05) is 13.1 Å². The molecule has 2 aromatic carbocycles. The van der Waals surface area contributed by atoms with E-state index in [0.717, 1.165) is 26.1 Å². The van der Waals surface area contributed by atoms with Crippen LogP contribution in [0.25, 0.3) is 0 Å². The Hall–Kier alpha value is -1.67. The molecule has 0 spiro atoms. The molecule has 1 aliphatic heterocycles. The highest BCUT2D eigenvalue weighted by molar-refractivity contribution is 5.26. The zero-order valence-electron chi connectivity index (χ0n) is 13.3. The highest BCUT2D eigenvalue weighted by Crippen LogP contribution is 2.28. The number of nitrogens with zero attached hydrogens (tertiary/aromatic N) is 1. The number of piperidine rings is 1. The summed E-state index contributed by atoms with van der Waals surface area (Å²) in [6.07, 6.45) is 3.54.